The third-order valence-corrected chi connectivity index (χ3v) is 14.4. The molecule has 0 aromatic rings. The molecule has 5 aliphatic rings. The molecule has 5 rings (SSSR count). The van der Waals surface area contributed by atoms with Gasteiger partial charge in [0.25, 0.3) is 0 Å². The topological polar surface area (TPSA) is 17.1 Å². The highest BCUT2D eigenvalue weighted by molar-refractivity contribution is 5.75. The van der Waals surface area contributed by atoms with Crippen molar-refractivity contribution in [3.8, 4) is 0 Å². The lowest BCUT2D eigenvalue weighted by molar-refractivity contribution is -0.226. The molecule has 1 heteroatoms. The van der Waals surface area contributed by atoms with Crippen molar-refractivity contribution in [1.29, 1.82) is 0 Å². The summed E-state index contributed by atoms with van der Waals surface area (Å²) in [6.07, 6.45) is 21.3. The molecule has 11 atom stereocenters. The fourth-order valence-electron chi connectivity index (χ4n) is 12.4. The van der Waals surface area contributed by atoms with E-state index in [0.717, 1.165) is 48.3 Å². The summed E-state index contributed by atoms with van der Waals surface area (Å²) in [6.45, 7) is 23.5. The highest BCUT2D eigenvalue weighted by Crippen LogP contribution is 2.77. The van der Waals surface area contributed by atoms with Gasteiger partial charge >= 0.3 is 0 Å². The van der Waals surface area contributed by atoms with Crippen LogP contribution in [-0.2, 0) is 4.79 Å². The summed E-state index contributed by atoms with van der Waals surface area (Å²) in [5.74, 6) is 6.32. The lowest BCUT2D eigenvalue weighted by atomic mass is 9.33. The molecule has 0 amide bonds. The minimum Gasteiger partial charge on any atom is -0.300 e. The van der Waals surface area contributed by atoms with Gasteiger partial charge in [-0.3, -0.25) is 0 Å². The third kappa shape index (κ3) is 4.61. The van der Waals surface area contributed by atoms with Crippen molar-refractivity contribution in [3.63, 3.8) is 0 Å². The van der Waals surface area contributed by atoms with Crippen LogP contribution in [0.5, 0.6) is 0 Å². The molecule has 38 heavy (non-hydrogen) atoms. The fraction of sp³-hybridized carbons (Fsp3) is 0.919. The number of ketones is 1. The molecule has 0 bridgehead atoms. The van der Waals surface area contributed by atoms with Crippen LogP contribution >= 0.6 is 0 Å². The van der Waals surface area contributed by atoms with Gasteiger partial charge in [-0.05, 0) is 134 Å². The van der Waals surface area contributed by atoms with Crippen molar-refractivity contribution in [1.82, 2.24) is 0 Å². The standard InChI is InChI=1S/C34H56O.C2H6.CH4/c1-8-25(13-12-24(4)35)26-16-20-34(9-2)22-21-32(6)28(30(26)34)14-15-29-31(5)18-10-11-23(3)27(31)17-19-33(29,32)7;1-2;/h9,23,25-30H,2,8,10-22H2,1,3-7H3;1-2H3;1H4/t23?,25?,26?,27?,28?,29?,30?,31?,32-,33?,34?;;/m1../s1. The Labute approximate surface area is 238 Å². The number of allylic oxidation sites excluding steroid dienone is 1. The molecule has 0 spiro atoms. The van der Waals surface area contributed by atoms with Gasteiger partial charge in [0.1, 0.15) is 5.78 Å². The van der Waals surface area contributed by atoms with Crippen LogP contribution in [0.2, 0.25) is 0 Å². The molecule has 0 saturated heterocycles. The monoisotopic (exact) mass is 527 g/mol. The SMILES string of the molecule is C.C=CC12CCC(C(CC)CCC(C)=O)C1C1CCC3C4(C)CCCC(C)C4CCC3(C)[C@]1(C)CC2.CC. The van der Waals surface area contributed by atoms with E-state index in [2.05, 4.69) is 47.3 Å². The van der Waals surface area contributed by atoms with E-state index in [1.807, 2.05) is 13.8 Å². The number of hydrogen-bond acceptors (Lipinski definition) is 1. The number of carbonyl (C=O) groups excluding carboxylic acids is 1. The predicted octanol–water partition coefficient (Wildman–Crippen LogP) is 11.3. The van der Waals surface area contributed by atoms with E-state index in [1.165, 1.54) is 77.0 Å². The Morgan fingerprint density at radius 3 is 2.26 bits per heavy atom. The first-order valence-electron chi connectivity index (χ1n) is 16.7. The van der Waals surface area contributed by atoms with Gasteiger partial charge in [0, 0.05) is 6.42 Å². The van der Waals surface area contributed by atoms with Crippen molar-refractivity contribution >= 4 is 5.78 Å². The fourth-order valence-corrected chi connectivity index (χ4v) is 12.4. The first-order chi connectivity index (χ1) is 17.6. The second kappa shape index (κ2) is 11.7. The van der Waals surface area contributed by atoms with Crippen LogP contribution in [-0.4, -0.2) is 5.78 Å². The number of carbonyl (C=O) groups is 1. The molecular formula is C37H66O. The largest absolute Gasteiger partial charge is 0.300 e. The molecule has 0 aliphatic heterocycles. The molecular weight excluding hydrogens is 460 g/mol. The van der Waals surface area contributed by atoms with E-state index in [9.17, 15) is 4.79 Å². The minimum atomic E-state index is 0. The highest BCUT2D eigenvalue weighted by Gasteiger charge is 2.69. The molecule has 0 radical (unpaired) electrons. The van der Waals surface area contributed by atoms with E-state index >= 15 is 0 Å². The van der Waals surface area contributed by atoms with Gasteiger partial charge in [0.15, 0.2) is 0 Å². The lowest BCUT2D eigenvalue weighted by Gasteiger charge is -2.72. The second-order valence-corrected chi connectivity index (χ2v) is 15.2. The van der Waals surface area contributed by atoms with Crippen molar-refractivity contribution in [2.45, 2.75) is 153 Å². The van der Waals surface area contributed by atoms with E-state index in [0.29, 0.717) is 33.4 Å². The molecule has 1 nitrogen and oxygen atoms in total. The summed E-state index contributed by atoms with van der Waals surface area (Å²) in [5.41, 5.74) is 1.87. The zero-order chi connectivity index (χ0) is 27.2. The Morgan fingerprint density at radius 2 is 1.63 bits per heavy atom. The Balaban J connectivity index is 0.00000130. The Morgan fingerprint density at radius 1 is 0.921 bits per heavy atom. The summed E-state index contributed by atoms with van der Waals surface area (Å²) in [7, 11) is 0. The van der Waals surface area contributed by atoms with Crippen LogP contribution in [0.1, 0.15) is 153 Å². The van der Waals surface area contributed by atoms with E-state index in [1.54, 1.807) is 6.92 Å². The molecule has 0 N–H and O–H groups in total. The molecule has 0 aromatic carbocycles. The summed E-state index contributed by atoms with van der Waals surface area (Å²) in [5, 5.41) is 0. The molecule has 5 aliphatic carbocycles. The van der Waals surface area contributed by atoms with Crippen LogP contribution < -0.4 is 0 Å². The van der Waals surface area contributed by atoms with Crippen LogP contribution in [0.25, 0.3) is 0 Å². The number of rotatable bonds is 6. The first-order valence-corrected chi connectivity index (χ1v) is 16.7. The van der Waals surface area contributed by atoms with Crippen molar-refractivity contribution in [2.75, 3.05) is 0 Å². The van der Waals surface area contributed by atoms with Gasteiger partial charge in [-0.2, -0.15) is 0 Å². The minimum absolute atomic E-state index is 0. The van der Waals surface area contributed by atoms with Crippen LogP contribution in [0.3, 0.4) is 0 Å². The quantitative estimate of drug-likeness (QED) is 0.314. The summed E-state index contributed by atoms with van der Waals surface area (Å²) in [6, 6.07) is 0. The summed E-state index contributed by atoms with van der Waals surface area (Å²) in [4.78, 5) is 11.9. The molecule has 0 aromatic heterocycles. The highest BCUT2D eigenvalue weighted by atomic mass is 16.1. The van der Waals surface area contributed by atoms with Crippen LogP contribution in [0.15, 0.2) is 12.7 Å². The average molecular weight is 527 g/mol. The van der Waals surface area contributed by atoms with Crippen molar-refractivity contribution < 1.29 is 4.79 Å². The van der Waals surface area contributed by atoms with E-state index < -0.39 is 0 Å². The smallest absolute Gasteiger partial charge is 0.129 e. The zero-order valence-electron chi connectivity index (χ0n) is 26.1. The normalized spacial score (nSPS) is 48.0. The molecule has 10 unspecified atom stereocenters. The van der Waals surface area contributed by atoms with Crippen molar-refractivity contribution in [2.24, 2.45) is 63.1 Å². The first kappa shape index (κ1) is 31.9. The maximum atomic E-state index is 11.9. The predicted molar refractivity (Wildman–Crippen MR) is 166 cm³/mol. The van der Waals surface area contributed by atoms with Crippen molar-refractivity contribution in [3.05, 3.63) is 12.7 Å². The summed E-state index contributed by atoms with van der Waals surface area (Å²) < 4.78 is 0. The Hall–Kier alpha value is -0.590. The Bertz CT molecular complexity index is 829. The zero-order valence-corrected chi connectivity index (χ0v) is 26.1. The van der Waals surface area contributed by atoms with Gasteiger partial charge in [-0.15, -0.1) is 6.58 Å². The molecule has 220 valence electrons. The summed E-state index contributed by atoms with van der Waals surface area (Å²) >= 11 is 0. The number of hydrogen-bond donors (Lipinski definition) is 0. The average Bonchev–Trinajstić information content (AvgIpc) is 3.26. The third-order valence-electron chi connectivity index (χ3n) is 14.4. The van der Waals surface area contributed by atoms with Gasteiger partial charge < -0.3 is 4.79 Å². The Kier molecular flexibility index (Phi) is 9.85. The van der Waals surface area contributed by atoms with Gasteiger partial charge in [-0.25, -0.2) is 0 Å². The van der Waals surface area contributed by atoms with Crippen LogP contribution in [0.4, 0.5) is 0 Å². The van der Waals surface area contributed by atoms with E-state index in [4.69, 9.17) is 0 Å². The van der Waals surface area contributed by atoms with E-state index in [-0.39, 0.29) is 7.43 Å². The lowest BCUT2D eigenvalue weighted by Crippen LogP contribution is -2.64. The maximum Gasteiger partial charge on any atom is 0.129 e. The maximum absolute atomic E-state index is 11.9. The van der Waals surface area contributed by atoms with Crippen LogP contribution in [0, 0.1) is 63.1 Å². The van der Waals surface area contributed by atoms with Gasteiger partial charge in [-0.1, -0.05) is 81.2 Å². The molecule has 5 fully saturated rings. The second-order valence-electron chi connectivity index (χ2n) is 15.2. The number of fused-ring (bicyclic) bond motifs is 7. The molecule has 0 heterocycles. The van der Waals surface area contributed by atoms with Gasteiger partial charge in [0.2, 0.25) is 0 Å². The number of Topliss-reactive ketones (excluding diaryl/α,β-unsaturated/α-hetero) is 1. The van der Waals surface area contributed by atoms with Gasteiger partial charge in [0.05, 0.1) is 0 Å². The molecule has 5 saturated carbocycles.